The van der Waals surface area contributed by atoms with Gasteiger partial charge in [0.1, 0.15) is 0 Å². The number of rotatable bonds is 7. The van der Waals surface area contributed by atoms with Crippen LogP contribution in [0.5, 0.6) is 0 Å². The molecule has 0 atom stereocenters. The van der Waals surface area contributed by atoms with E-state index in [2.05, 4.69) is 70.3 Å². The molecule has 3 heterocycles. The summed E-state index contributed by atoms with van der Waals surface area (Å²) < 4.78 is 1.71. The van der Waals surface area contributed by atoms with Crippen molar-refractivity contribution in [3.05, 3.63) is 113 Å². The van der Waals surface area contributed by atoms with Crippen LogP contribution in [-0.2, 0) is 18.3 Å². The topological polar surface area (TPSA) is 70.5 Å². The lowest BCUT2D eigenvalue weighted by Gasteiger charge is -2.38. The van der Waals surface area contributed by atoms with Gasteiger partial charge in [-0.2, -0.15) is 0 Å². The summed E-state index contributed by atoms with van der Waals surface area (Å²) in [6.45, 7) is 8.80. The van der Waals surface area contributed by atoms with E-state index < -0.39 is 0 Å². The molecule has 218 valence electrons. The monoisotopic (exact) mass is 571 g/mol. The first-order chi connectivity index (χ1) is 20.9. The van der Waals surface area contributed by atoms with Crippen molar-refractivity contribution in [3.63, 3.8) is 0 Å². The van der Waals surface area contributed by atoms with Crippen LogP contribution in [-0.4, -0.2) is 52.6 Å². The molecule has 0 saturated carbocycles. The molecule has 3 aromatic carbocycles. The molecule has 1 fully saturated rings. The number of anilines is 2. The van der Waals surface area contributed by atoms with E-state index in [1.54, 1.807) is 10.8 Å². The standard InChI is InChI=1S/C36H37N5O2/c1-25(2)40-18-20-41(21-19-40)32-14-9-26(10-15-32)28-11-16-34-29(22-28)23-33(36(43)39(34)3)27-7-12-30(13-8-27)38-35(42)24-31-6-4-5-17-37-31/h4-17,22-23,25H,18-21,24H2,1-3H3,(H,38,42). The van der Waals surface area contributed by atoms with Crippen molar-refractivity contribution in [2.45, 2.75) is 26.3 Å². The van der Waals surface area contributed by atoms with Gasteiger partial charge in [0.05, 0.1) is 11.9 Å². The summed E-state index contributed by atoms with van der Waals surface area (Å²) in [7, 11) is 1.81. The molecule has 0 unspecified atom stereocenters. The van der Waals surface area contributed by atoms with Gasteiger partial charge in [0, 0.05) is 68.1 Å². The van der Waals surface area contributed by atoms with E-state index >= 15 is 0 Å². The van der Waals surface area contributed by atoms with Gasteiger partial charge in [0.15, 0.2) is 0 Å². The van der Waals surface area contributed by atoms with Gasteiger partial charge in [-0.05, 0) is 90.5 Å². The smallest absolute Gasteiger partial charge is 0.258 e. The molecule has 1 saturated heterocycles. The molecular weight excluding hydrogens is 534 g/mol. The highest BCUT2D eigenvalue weighted by molar-refractivity contribution is 5.92. The first-order valence-corrected chi connectivity index (χ1v) is 14.9. The Morgan fingerprint density at radius 1 is 0.837 bits per heavy atom. The zero-order chi connectivity index (χ0) is 29.9. The molecule has 5 aromatic rings. The lowest BCUT2D eigenvalue weighted by Crippen LogP contribution is -2.48. The molecule has 0 spiro atoms. The summed E-state index contributed by atoms with van der Waals surface area (Å²) in [5, 5.41) is 3.91. The number of aryl methyl sites for hydroxylation is 1. The normalized spacial score (nSPS) is 13.9. The van der Waals surface area contributed by atoms with Crippen LogP contribution in [0, 0.1) is 0 Å². The molecule has 0 radical (unpaired) electrons. The average molecular weight is 572 g/mol. The Balaban J connectivity index is 1.20. The molecule has 1 aliphatic rings. The molecule has 0 bridgehead atoms. The minimum atomic E-state index is -0.137. The van der Waals surface area contributed by atoms with Gasteiger partial charge >= 0.3 is 0 Å². The van der Waals surface area contributed by atoms with E-state index in [0.717, 1.165) is 53.8 Å². The van der Waals surface area contributed by atoms with E-state index in [4.69, 9.17) is 0 Å². The quantitative estimate of drug-likeness (QED) is 0.260. The number of fused-ring (bicyclic) bond motifs is 1. The number of nitrogens with zero attached hydrogens (tertiary/aromatic N) is 4. The van der Waals surface area contributed by atoms with Crippen LogP contribution in [0.1, 0.15) is 19.5 Å². The first kappa shape index (κ1) is 28.4. The number of piperazine rings is 1. The van der Waals surface area contributed by atoms with Gasteiger partial charge < -0.3 is 14.8 Å². The second-order valence-electron chi connectivity index (χ2n) is 11.5. The van der Waals surface area contributed by atoms with Crippen LogP contribution >= 0.6 is 0 Å². The largest absolute Gasteiger partial charge is 0.369 e. The SMILES string of the molecule is CC(C)N1CCN(c2ccc(-c3ccc4c(c3)cc(-c3ccc(NC(=O)Cc5ccccn5)cc3)c(=O)n4C)cc2)CC1. The highest BCUT2D eigenvalue weighted by Gasteiger charge is 2.19. The lowest BCUT2D eigenvalue weighted by molar-refractivity contribution is -0.115. The summed E-state index contributed by atoms with van der Waals surface area (Å²) in [6.07, 6.45) is 1.88. The number of hydrogen-bond acceptors (Lipinski definition) is 5. The Hall–Kier alpha value is -4.75. The van der Waals surface area contributed by atoms with Crippen LogP contribution in [0.25, 0.3) is 33.2 Å². The molecule has 1 aliphatic heterocycles. The maximum absolute atomic E-state index is 13.3. The fraction of sp³-hybridized carbons (Fsp3) is 0.250. The summed E-state index contributed by atoms with van der Waals surface area (Å²) in [4.78, 5) is 35.0. The fourth-order valence-corrected chi connectivity index (χ4v) is 5.84. The summed E-state index contributed by atoms with van der Waals surface area (Å²) >= 11 is 0. The number of benzene rings is 3. The molecule has 43 heavy (non-hydrogen) atoms. The van der Waals surface area contributed by atoms with E-state index in [9.17, 15) is 9.59 Å². The fourth-order valence-electron chi connectivity index (χ4n) is 5.84. The van der Waals surface area contributed by atoms with Crippen molar-refractivity contribution in [3.8, 4) is 22.3 Å². The molecular formula is C36H37N5O2. The van der Waals surface area contributed by atoms with Crippen LogP contribution < -0.4 is 15.8 Å². The molecule has 0 aliphatic carbocycles. The van der Waals surface area contributed by atoms with E-state index in [1.807, 2.05) is 61.6 Å². The number of pyridine rings is 2. The molecule has 2 aromatic heterocycles. The zero-order valence-electron chi connectivity index (χ0n) is 25.0. The van der Waals surface area contributed by atoms with E-state index in [-0.39, 0.29) is 17.9 Å². The molecule has 7 nitrogen and oxygen atoms in total. The highest BCUT2D eigenvalue weighted by atomic mass is 16.1. The Labute approximate surface area is 252 Å². The number of carbonyl (C=O) groups excluding carboxylic acids is 1. The summed E-state index contributed by atoms with van der Waals surface area (Å²) in [6, 6.07) is 30.6. The third-order valence-electron chi connectivity index (χ3n) is 8.38. The van der Waals surface area contributed by atoms with Gasteiger partial charge in [-0.1, -0.05) is 36.4 Å². The number of carbonyl (C=O) groups is 1. The van der Waals surface area contributed by atoms with Crippen LogP contribution in [0.4, 0.5) is 11.4 Å². The summed E-state index contributed by atoms with van der Waals surface area (Å²) in [5.74, 6) is -0.137. The maximum atomic E-state index is 13.3. The number of hydrogen-bond donors (Lipinski definition) is 1. The Morgan fingerprint density at radius 3 is 2.21 bits per heavy atom. The lowest BCUT2D eigenvalue weighted by atomic mass is 10.00. The van der Waals surface area contributed by atoms with Gasteiger partial charge in [-0.15, -0.1) is 0 Å². The average Bonchev–Trinajstić information content (AvgIpc) is 3.03. The predicted octanol–water partition coefficient (Wildman–Crippen LogP) is 5.98. The second-order valence-corrected chi connectivity index (χ2v) is 11.5. The van der Waals surface area contributed by atoms with Crippen molar-refractivity contribution in [2.75, 3.05) is 36.4 Å². The van der Waals surface area contributed by atoms with Gasteiger partial charge in [0.2, 0.25) is 5.91 Å². The molecule has 6 rings (SSSR count). The van der Waals surface area contributed by atoms with Crippen molar-refractivity contribution in [2.24, 2.45) is 7.05 Å². The first-order valence-electron chi connectivity index (χ1n) is 14.9. The van der Waals surface area contributed by atoms with Crippen molar-refractivity contribution >= 4 is 28.2 Å². The van der Waals surface area contributed by atoms with Crippen molar-refractivity contribution < 1.29 is 4.79 Å². The zero-order valence-corrected chi connectivity index (χ0v) is 25.0. The summed E-state index contributed by atoms with van der Waals surface area (Å²) in [5.41, 5.74) is 7.15. The van der Waals surface area contributed by atoms with Crippen LogP contribution in [0.15, 0.2) is 102 Å². The molecule has 1 N–H and O–H groups in total. The second kappa shape index (κ2) is 12.2. The Kier molecular flexibility index (Phi) is 8.07. The van der Waals surface area contributed by atoms with E-state index in [0.29, 0.717) is 23.0 Å². The van der Waals surface area contributed by atoms with Crippen LogP contribution in [0.3, 0.4) is 0 Å². The third kappa shape index (κ3) is 6.22. The maximum Gasteiger partial charge on any atom is 0.258 e. The molecule has 1 amide bonds. The number of aromatic nitrogens is 2. The Bertz CT molecular complexity index is 1790. The minimum Gasteiger partial charge on any atom is -0.369 e. The predicted molar refractivity (Wildman–Crippen MR) is 176 cm³/mol. The highest BCUT2D eigenvalue weighted by Crippen LogP contribution is 2.29. The third-order valence-corrected chi connectivity index (χ3v) is 8.38. The van der Waals surface area contributed by atoms with Gasteiger partial charge in [0.25, 0.3) is 5.56 Å². The Morgan fingerprint density at radius 2 is 1.53 bits per heavy atom. The number of amides is 1. The van der Waals surface area contributed by atoms with Gasteiger partial charge in [-0.3, -0.25) is 19.5 Å². The van der Waals surface area contributed by atoms with Crippen molar-refractivity contribution in [1.82, 2.24) is 14.5 Å². The number of nitrogens with one attached hydrogen (secondary N) is 1. The van der Waals surface area contributed by atoms with Crippen LogP contribution in [0.2, 0.25) is 0 Å². The van der Waals surface area contributed by atoms with Gasteiger partial charge in [-0.25, -0.2) is 0 Å². The van der Waals surface area contributed by atoms with E-state index in [1.165, 1.54) is 5.69 Å². The van der Waals surface area contributed by atoms with Crippen molar-refractivity contribution in [1.29, 1.82) is 0 Å². The minimum absolute atomic E-state index is 0.0610. The molecule has 7 heteroatoms.